The molecule has 0 spiro atoms. The van der Waals surface area contributed by atoms with Crippen molar-refractivity contribution in [3.63, 3.8) is 0 Å². The molecular formula is C28H40N2O6. The first kappa shape index (κ1) is 28.8. The zero-order valence-corrected chi connectivity index (χ0v) is 22.0. The summed E-state index contributed by atoms with van der Waals surface area (Å²) in [4.78, 5) is 24.4. The van der Waals surface area contributed by atoms with Gasteiger partial charge in [-0.2, -0.15) is 0 Å². The van der Waals surface area contributed by atoms with Crippen molar-refractivity contribution in [2.45, 2.75) is 51.4 Å². The number of amides is 2. The first-order chi connectivity index (χ1) is 17.5. The van der Waals surface area contributed by atoms with E-state index in [2.05, 4.69) is 10.6 Å². The largest absolute Gasteiger partial charge is 0.493 e. The first-order valence-corrected chi connectivity index (χ1v) is 12.5. The van der Waals surface area contributed by atoms with Crippen molar-refractivity contribution in [3.8, 4) is 23.0 Å². The lowest BCUT2D eigenvalue weighted by Gasteiger charge is -2.10. The molecule has 2 rings (SSSR count). The lowest BCUT2D eigenvalue weighted by Crippen LogP contribution is -2.26. The van der Waals surface area contributed by atoms with Crippen LogP contribution in [0.5, 0.6) is 23.0 Å². The highest BCUT2D eigenvalue weighted by atomic mass is 16.5. The lowest BCUT2D eigenvalue weighted by molar-refractivity contribution is -0.121. The van der Waals surface area contributed by atoms with Crippen molar-refractivity contribution in [3.05, 3.63) is 47.5 Å². The minimum Gasteiger partial charge on any atom is -0.493 e. The van der Waals surface area contributed by atoms with Crippen LogP contribution in [0.4, 0.5) is 0 Å². The van der Waals surface area contributed by atoms with Gasteiger partial charge in [0, 0.05) is 13.1 Å². The SMILES string of the molecule is COc1ccc(CC(=O)NCCCCCCCCNC(=O)Cc2ccc(OC)c(OC)c2)cc1OC. The van der Waals surface area contributed by atoms with Crippen LogP contribution in [0.15, 0.2) is 36.4 Å². The molecule has 2 aromatic carbocycles. The molecule has 0 saturated heterocycles. The molecule has 0 aliphatic carbocycles. The van der Waals surface area contributed by atoms with Crippen LogP contribution in [0.3, 0.4) is 0 Å². The van der Waals surface area contributed by atoms with E-state index >= 15 is 0 Å². The summed E-state index contributed by atoms with van der Waals surface area (Å²) >= 11 is 0. The second-order valence-corrected chi connectivity index (χ2v) is 8.55. The van der Waals surface area contributed by atoms with E-state index in [1.54, 1.807) is 28.4 Å². The van der Waals surface area contributed by atoms with Crippen LogP contribution in [0, 0.1) is 0 Å². The summed E-state index contributed by atoms with van der Waals surface area (Å²) in [5.74, 6) is 2.56. The highest BCUT2D eigenvalue weighted by Gasteiger charge is 2.09. The van der Waals surface area contributed by atoms with Gasteiger partial charge in [-0.15, -0.1) is 0 Å². The number of benzene rings is 2. The summed E-state index contributed by atoms with van der Waals surface area (Å²) in [6, 6.07) is 11.0. The average molecular weight is 501 g/mol. The standard InChI is InChI=1S/C28H40N2O6/c1-33-23-13-11-21(17-25(23)35-3)19-27(31)29-15-9-7-5-6-8-10-16-30-28(32)20-22-12-14-24(34-2)26(18-22)36-4/h11-14,17-18H,5-10,15-16,19-20H2,1-4H3,(H,29,31)(H,30,32). The molecule has 0 radical (unpaired) electrons. The molecule has 0 heterocycles. The van der Waals surface area contributed by atoms with Crippen LogP contribution < -0.4 is 29.6 Å². The fourth-order valence-corrected chi connectivity index (χ4v) is 3.89. The smallest absolute Gasteiger partial charge is 0.224 e. The summed E-state index contributed by atoms with van der Waals surface area (Å²) in [6.07, 6.45) is 6.93. The molecule has 36 heavy (non-hydrogen) atoms. The molecule has 0 bridgehead atoms. The van der Waals surface area contributed by atoms with Gasteiger partial charge in [0.05, 0.1) is 41.3 Å². The number of methoxy groups -OCH3 is 4. The van der Waals surface area contributed by atoms with Crippen LogP contribution in [0.2, 0.25) is 0 Å². The molecule has 2 N–H and O–H groups in total. The summed E-state index contributed by atoms with van der Waals surface area (Å²) in [5.41, 5.74) is 1.78. The minimum absolute atomic E-state index is 0.00560. The van der Waals surface area contributed by atoms with E-state index in [4.69, 9.17) is 18.9 Å². The Hall–Kier alpha value is -3.42. The van der Waals surface area contributed by atoms with Gasteiger partial charge in [-0.1, -0.05) is 37.8 Å². The number of nitrogens with one attached hydrogen (secondary N) is 2. The van der Waals surface area contributed by atoms with E-state index in [9.17, 15) is 9.59 Å². The molecular weight excluding hydrogens is 460 g/mol. The Morgan fingerprint density at radius 1 is 0.556 bits per heavy atom. The molecule has 198 valence electrons. The molecule has 2 amide bonds. The van der Waals surface area contributed by atoms with Gasteiger partial charge in [0.2, 0.25) is 11.8 Å². The number of rotatable bonds is 17. The number of carbonyl (C=O) groups is 2. The Kier molecular flexibility index (Phi) is 13.0. The maximum atomic E-state index is 12.2. The van der Waals surface area contributed by atoms with E-state index in [0.29, 0.717) is 48.9 Å². The minimum atomic E-state index is 0.00560. The number of hydrogen-bond donors (Lipinski definition) is 2. The second-order valence-electron chi connectivity index (χ2n) is 8.55. The molecule has 0 fully saturated rings. The Bertz CT molecular complexity index is 886. The third-order valence-corrected chi connectivity index (χ3v) is 5.87. The summed E-state index contributed by atoms with van der Waals surface area (Å²) in [5, 5.41) is 5.96. The van der Waals surface area contributed by atoms with E-state index < -0.39 is 0 Å². The average Bonchev–Trinajstić information content (AvgIpc) is 2.89. The summed E-state index contributed by atoms with van der Waals surface area (Å²) < 4.78 is 21.0. The fourth-order valence-electron chi connectivity index (χ4n) is 3.89. The van der Waals surface area contributed by atoms with Gasteiger partial charge in [-0.3, -0.25) is 9.59 Å². The van der Waals surface area contributed by atoms with Crippen molar-refractivity contribution in [2.75, 3.05) is 41.5 Å². The van der Waals surface area contributed by atoms with Crippen LogP contribution in [-0.2, 0) is 22.4 Å². The van der Waals surface area contributed by atoms with Crippen molar-refractivity contribution >= 4 is 11.8 Å². The lowest BCUT2D eigenvalue weighted by atomic mass is 10.1. The predicted octanol–water partition coefficient (Wildman–Crippen LogP) is 4.08. The second kappa shape index (κ2) is 16.3. The topological polar surface area (TPSA) is 95.1 Å². The monoisotopic (exact) mass is 500 g/mol. The molecule has 8 heteroatoms. The Morgan fingerprint density at radius 2 is 0.917 bits per heavy atom. The number of hydrogen-bond acceptors (Lipinski definition) is 6. The normalized spacial score (nSPS) is 10.4. The quantitative estimate of drug-likeness (QED) is 0.318. The van der Waals surface area contributed by atoms with Crippen LogP contribution in [0.1, 0.15) is 49.7 Å². The van der Waals surface area contributed by atoms with E-state index in [1.165, 1.54) is 0 Å². The maximum absolute atomic E-state index is 12.2. The van der Waals surface area contributed by atoms with E-state index in [0.717, 1.165) is 49.7 Å². The van der Waals surface area contributed by atoms with Crippen molar-refractivity contribution in [1.82, 2.24) is 10.6 Å². The molecule has 0 saturated carbocycles. The van der Waals surface area contributed by atoms with Gasteiger partial charge >= 0.3 is 0 Å². The highest BCUT2D eigenvalue weighted by molar-refractivity contribution is 5.79. The van der Waals surface area contributed by atoms with Crippen LogP contribution >= 0.6 is 0 Å². The van der Waals surface area contributed by atoms with Crippen molar-refractivity contribution in [2.24, 2.45) is 0 Å². The van der Waals surface area contributed by atoms with Gasteiger partial charge in [-0.05, 0) is 48.2 Å². The van der Waals surface area contributed by atoms with Gasteiger partial charge in [0.1, 0.15) is 0 Å². The van der Waals surface area contributed by atoms with E-state index in [1.807, 2.05) is 36.4 Å². The molecule has 2 aromatic rings. The third-order valence-electron chi connectivity index (χ3n) is 5.87. The van der Waals surface area contributed by atoms with Crippen molar-refractivity contribution < 1.29 is 28.5 Å². The van der Waals surface area contributed by atoms with Gasteiger partial charge in [0.25, 0.3) is 0 Å². The van der Waals surface area contributed by atoms with E-state index in [-0.39, 0.29) is 11.8 Å². The first-order valence-electron chi connectivity index (χ1n) is 12.5. The Morgan fingerprint density at radius 3 is 1.28 bits per heavy atom. The fraction of sp³-hybridized carbons (Fsp3) is 0.500. The molecule has 8 nitrogen and oxygen atoms in total. The van der Waals surface area contributed by atoms with Crippen LogP contribution in [0.25, 0.3) is 0 Å². The zero-order chi connectivity index (χ0) is 26.2. The van der Waals surface area contributed by atoms with Gasteiger partial charge in [0.15, 0.2) is 23.0 Å². The molecule has 0 aromatic heterocycles. The molecule has 0 aliphatic heterocycles. The Balaban J connectivity index is 1.49. The zero-order valence-electron chi connectivity index (χ0n) is 22.0. The molecule has 0 aliphatic rings. The summed E-state index contributed by atoms with van der Waals surface area (Å²) in [7, 11) is 6.34. The summed E-state index contributed by atoms with van der Waals surface area (Å²) in [6.45, 7) is 1.36. The van der Waals surface area contributed by atoms with Crippen LogP contribution in [-0.4, -0.2) is 53.3 Å². The van der Waals surface area contributed by atoms with Gasteiger partial charge in [-0.25, -0.2) is 0 Å². The Labute approximate surface area is 214 Å². The number of ether oxygens (including phenoxy) is 4. The number of carbonyl (C=O) groups excluding carboxylic acids is 2. The maximum Gasteiger partial charge on any atom is 0.224 e. The third kappa shape index (κ3) is 10.1. The number of unbranched alkanes of at least 4 members (excludes halogenated alkanes) is 5. The predicted molar refractivity (Wildman–Crippen MR) is 140 cm³/mol. The van der Waals surface area contributed by atoms with Crippen molar-refractivity contribution in [1.29, 1.82) is 0 Å². The van der Waals surface area contributed by atoms with Gasteiger partial charge < -0.3 is 29.6 Å². The highest BCUT2D eigenvalue weighted by Crippen LogP contribution is 2.28. The molecule has 0 atom stereocenters. The molecule has 0 unspecified atom stereocenters.